The third kappa shape index (κ3) is 3.54. The molecule has 1 unspecified atom stereocenters. The van der Waals surface area contributed by atoms with Crippen molar-refractivity contribution in [2.24, 2.45) is 0 Å². The average Bonchev–Trinajstić information content (AvgIpc) is 2.64. The van der Waals surface area contributed by atoms with E-state index >= 15 is 0 Å². The van der Waals surface area contributed by atoms with E-state index < -0.39 is 5.92 Å². The molecule has 24 heavy (non-hydrogen) atoms. The molecule has 0 saturated heterocycles. The summed E-state index contributed by atoms with van der Waals surface area (Å²) < 4.78 is 5.29. The van der Waals surface area contributed by atoms with Crippen molar-refractivity contribution >= 4 is 5.97 Å². The average molecular weight is 316 g/mol. The fourth-order valence-electron chi connectivity index (χ4n) is 2.83. The van der Waals surface area contributed by atoms with Crippen LogP contribution in [-0.4, -0.2) is 12.6 Å². The molecule has 0 bridgehead atoms. The highest BCUT2D eigenvalue weighted by Gasteiger charge is 2.23. The van der Waals surface area contributed by atoms with Crippen LogP contribution in [0.1, 0.15) is 24.0 Å². The van der Waals surface area contributed by atoms with Crippen LogP contribution in [0.2, 0.25) is 0 Å². The third-order valence-electron chi connectivity index (χ3n) is 4.01. The number of rotatable bonds is 5. The molecule has 0 spiro atoms. The second-order valence-electron chi connectivity index (χ2n) is 5.58. The smallest absolute Gasteiger partial charge is 0.317 e. The number of hydrogen-bond acceptors (Lipinski definition) is 2. The van der Waals surface area contributed by atoms with Crippen molar-refractivity contribution in [3.63, 3.8) is 0 Å². The number of carbonyl (C=O) groups excluding carboxylic acids is 1. The lowest BCUT2D eigenvalue weighted by atomic mass is 9.90. The van der Waals surface area contributed by atoms with Gasteiger partial charge in [-0.05, 0) is 29.2 Å². The summed E-state index contributed by atoms with van der Waals surface area (Å²) in [4.78, 5) is 12.5. The number of ether oxygens (including phenoxy) is 1. The summed E-state index contributed by atoms with van der Waals surface area (Å²) in [6.07, 6.45) is 0. The molecule has 0 radical (unpaired) electrons. The van der Waals surface area contributed by atoms with E-state index in [1.54, 1.807) is 0 Å². The van der Waals surface area contributed by atoms with Crippen molar-refractivity contribution in [1.29, 1.82) is 0 Å². The van der Waals surface area contributed by atoms with Crippen molar-refractivity contribution in [3.8, 4) is 11.1 Å². The summed E-state index contributed by atoms with van der Waals surface area (Å²) in [6, 6.07) is 28.1. The van der Waals surface area contributed by atoms with Crippen LogP contribution in [0.3, 0.4) is 0 Å². The van der Waals surface area contributed by atoms with Crippen molar-refractivity contribution < 1.29 is 9.53 Å². The van der Waals surface area contributed by atoms with Crippen molar-refractivity contribution in [2.75, 3.05) is 6.61 Å². The van der Waals surface area contributed by atoms with Gasteiger partial charge in [0.2, 0.25) is 0 Å². The summed E-state index contributed by atoms with van der Waals surface area (Å²) in [5.74, 6) is -0.605. The second kappa shape index (κ2) is 7.60. The van der Waals surface area contributed by atoms with E-state index in [0.717, 1.165) is 22.3 Å². The first-order chi connectivity index (χ1) is 11.8. The largest absolute Gasteiger partial charge is 0.465 e. The first kappa shape index (κ1) is 16.0. The Morgan fingerprint density at radius 2 is 1.25 bits per heavy atom. The van der Waals surface area contributed by atoms with Crippen LogP contribution < -0.4 is 0 Å². The quantitative estimate of drug-likeness (QED) is 0.616. The highest BCUT2D eigenvalue weighted by Crippen LogP contribution is 2.28. The van der Waals surface area contributed by atoms with Gasteiger partial charge in [0.25, 0.3) is 0 Å². The van der Waals surface area contributed by atoms with Crippen LogP contribution in [0.5, 0.6) is 0 Å². The van der Waals surface area contributed by atoms with Gasteiger partial charge in [-0.15, -0.1) is 0 Å². The minimum absolute atomic E-state index is 0.212. The Morgan fingerprint density at radius 1 is 0.750 bits per heavy atom. The zero-order chi connectivity index (χ0) is 16.8. The van der Waals surface area contributed by atoms with Gasteiger partial charge in [0.15, 0.2) is 0 Å². The van der Waals surface area contributed by atoms with E-state index in [2.05, 4.69) is 24.3 Å². The molecular formula is C22H20O2. The Bertz CT molecular complexity index is 777. The summed E-state index contributed by atoms with van der Waals surface area (Å²) in [5, 5.41) is 0. The van der Waals surface area contributed by atoms with Gasteiger partial charge in [0.05, 0.1) is 6.61 Å². The minimum Gasteiger partial charge on any atom is -0.465 e. The van der Waals surface area contributed by atoms with Crippen LogP contribution in [0, 0.1) is 0 Å². The van der Waals surface area contributed by atoms with Crippen LogP contribution in [0.25, 0.3) is 11.1 Å². The molecule has 0 aliphatic carbocycles. The molecule has 3 rings (SSSR count). The van der Waals surface area contributed by atoms with E-state index in [1.807, 2.05) is 67.6 Å². The lowest BCUT2D eigenvalue weighted by molar-refractivity contribution is -0.143. The summed E-state index contributed by atoms with van der Waals surface area (Å²) in [6.45, 7) is 2.21. The highest BCUT2D eigenvalue weighted by molar-refractivity contribution is 5.82. The molecule has 0 fully saturated rings. The molecule has 2 nitrogen and oxygen atoms in total. The topological polar surface area (TPSA) is 26.3 Å². The molecule has 1 atom stereocenters. The summed E-state index contributed by atoms with van der Waals surface area (Å²) >= 11 is 0. The van der Waals surface area contributed by atoms with E-state index in [0.29, 0.717) is 6.61 Å². The summed E-state index contributed by atoms with van der Waals surface area (Å²) in [5.41, 5.74) is 4.19. The predicted octanol–water partition coefficient (Wildman–Crippen LogP) is 5.05. The number of carbonyl (C=O) groups is 1. The zero-order valence-electron chi connectivity index (χ0n) is 13.7. The van der Waals surface area contributed by atoms with Crippen LogP contribution in [-0.2, 0) is 9.53 Å². The van der Waals surface area contributed by atoms with E-state index in [1.165, 1.54) is 0 Å². The van der Waals surface area contributed by atoms with Gasteiger partial charge in [0, 0.05) is 0 Å². The van der Waals surface area contributed by atoms with E-state index in [-0.39, 0.29) is 5.97 Å². The molecule has 0 N–H and O–H groups in total. The molecule has 0 saturated carbocycles. The van der Waals surface area contributed by atoms with Gasteiger partial charge in [0.1, 0.15) is 5.92 Å². The maximum absolute atomic E-state index is 12.5. The molecule has 0 aromatic heterocycles. The number of esters is 1. The van der Waals surface area contributed by atoms with Gasteiger partial charge < -0.3 is 4.74 Å². The monoisotopic (exact) mass is 316 g/mol. The third-order valence-corrected chi connectivity index (χ3v) is 4.01. The number of benzene rings is 3. The Labute approximate surface area is 142 Å². The van der Waals surface area contributed by atoms with Crippen LogP contribution in [0.15, 0.2) is 84.9 Å². The molecule has 3 aromatic carbocycles. The fourth-order valence-corrected chi connectivity index (χ4v) is 2.83. The Hall–Kier alpha value is -2.87. The highest BCUT2D eigenvalue weighted by atomic mass is 16.5. The minimum atomic E-state index is -0.393. The van der Waals surface area contributed by atoms with E-state index in [9.17, 15) is 4.79 Å². The second-order valence-corrected chi connectivity index (χ2v) is 5.58. The molecule has 0 heterocycles. The van der Waals surface area contributed by atoms with Gasteiger partial charge >= 0.3 is 5.97 Å². The molecule has 3 aromatic rings. The van der Waals surface area contributed by atoms with Gasteiger partial charge in [-0.25, -0.2) is 0 Å². The van der Waals surface area contributed by atoms with Crippen molar-refractivity contribution in [3.05, 3.63) is 96.1 Å². The molecule has 0 aliphatic heterocycles. The standard InChI is InChI=1S/C22H20O2/c1-2-24-22(23)21(19-11-7-4-8-12-19)20-15-13-18(14-16-20)17-9-5-3-6-10-17/h3-16,21H,2H2,1H3. The first-order valence-electron chi connectivity index (χ1n) is 8.16. The van der Waals surface area contributed by atoms with Crippen molar-refractivity contribution in [2.45, 2.75) is 12.8 Å². The Morgan fingerprint density at radius 3 is 1.83 bits per heavy atom. The molecular weight excluding hydrogens is 296 g/mol. The molecule has 2 heteroatoms. The first-order valence-corrected chi connectivity index (χ1v) is 8.16. The van der Waals surface area contributed by atoms with Crippen LogP contribution in [0.4, 0.5) is 0 Å². The molecule has 120 valence electrons. The SMILES string of the molecule is CCOC(=O)C(c1ccccc1)c1ccc(-c2ccccc2)cc1. The normalized spacial score (nSPS) is 11.7. The molecule has 0 amide bonds. The maximum Gasteiger partial charge on any atom is 0.317 e. The Balaban J connectivity index is 1.95. The van der Waals surface area contributed by atoms with Crippen LogP contribution >= 0.6 is 0 Å². The van der Waals surface area contributed by atoms with Gasteiger partial charge in [-0.2, -0.15) is 0 Å². The fraction of sp³-hybridized carbons (Fsp3) is 0.136. The predicted molar refractivity (Wildman–Crippen MR) is 96.8 cm³/mol. The van der Waals surface area contributed by atoms with Crippen molar-refractivity contribution in [1.82, 2.24) is 0 Å². The Kier molecular flexibility index (Phi) is 5.07. The lowest BCUT2D eigenvalue weighted by Crippen LogP contribution is -2.17. The number of hydrogen-bond donors (Lipinski definition) is 0. The van der Waals surface area contributed by atoms with Gasteiger partial charge in [-0.1, -0.05) is 84.9 Å². The zero-order valence-corrected chi connectivity index (χ0v) is 13.7. The summed E-state index contributed by atoms with van der Waals surface area (Å²) in [7, 11) is 0. The van der Waals surface area contributed by atoms with E-state index in [4.69, 9.17) is 4.74 Å². The van der Waals surface area contributed by atoms with Gasteiger partial charge in [-0.3, -0.25) is 4.79 Å². The maximum atomic E-state index is 12.5. The lowest BCUT2D eigenvalue weighted by Gasteiger charge is -2.17. The molecule has 0 aliphatic rings.